The summed E-state index contributed by atoms with van der Waals surface area (Å²) < 4.78 is 5.58. The van der Waals surface area contributed by atoms with E-state index in [1.807, 2.05) is 6.92 Å². The van der Waals surface area contributed by atoms with Gasteiger partial charge in [0.2, 0.25) is 5.43 Å². The van der Waals surface area contributed by atoms with Crippen molar-refractivity contribution >= 4 is 33.3 Å². The molecule has 4 aromatic rings. The van der Waals surface area contributed by atoms with E-state index in [0.717, 1.165) is 37.9 Å². The normalized spacial score (nSPS) is 11.4. The number of aromatic nitrogens is 3. The molecular weight excluding hydrogens is 426 g/mol. The van der Waals surface area contributed by atoms with Gasteiger partial charge in [-0.05, 0) is 25.3 Å². The van der Waals surface area contributed by atoms with Crippen LogP contribution >= 0.6 is 23.1 Å². The highest BCUT2D eigenvalue weighted by molar-refractivity contribution is 7.98. The van der Waals surface area contributed by atoms with Crippen molar-refractivity contribution in [2.45, 2.75) is 38.5 Å². The van der Waals surface area contributed by atoms with Crippen molar-refractivity contribution in [1.29, 1.82) is 0 Å². The Balaban J connectivity index is 1.61. The number of hydrogen-bond acceptors (Lipinski definition) is 6. The Kier molecular flexibility index (Phi) is 6.43. The van der Waals surface area contributed by atoms with Crippen molar-refractivity contribution in [3.8, 4) is 16.9 Å². The number of hydrogen-bond donors (Lipinski definition) is 1. The maximum atomic E-state index is 12.4. The monoisotopic (exact) mass is 451 g/mol. The Labute approximate surface area is 189 Å². The minimum absolute atomic E-state index is 0.102. The molecule has 0 fully saturated rings. The van der Waals surface area contributed by atoms with Gasteiger partial charge in [-0.25, -0.2) is 9.97 Å². The van der Waals surface area contributed by atoms with Gasteiger partial charge in [0.15, 0.2) is 5.75 Å². The first-order valence-electron chi connectivity index (χ1n) is 10.2. The molecule has 0 saturated heterocycles. The summed E-state index contributed by atoms with van der Waals surface area (Å²) in [6.07, 6.45) is 1.66. The van der Waals surface area contributed by atoms with Gasteiger partial charge in [0.05, 0.1) is 12.0 Å². The fraction of sp³-hybridized carbons (Fsp3) is 0.292. The molecule has 0 aliphatic rings. The van der Waals surface area contributed by atoms with E-state index < -0.39 is 0 Å². The van der Waals surface area contributed by atoms with Gasteiger partial charge >= 0.3 is 0 Å². The number of aromatic amines is 1. The zero-order valence-corrected chi connectivity index (χ0v) is 19.7. The third-order valence-corrected chi connectivity index (χ3v) is 6.64. The lowest BCUT2D eigenvalue weighted by Crippen LogP contribution is -2.13. The lowest BCUT2D eigenvalue weighted by molar-refractivity contribution is 0.268. The highest BCUT2D eigenvalue weighted by Gasteiger charge is 2.15. The standard InChI is InChI=1S/C24H25N3O2S2/c1-14(2)11-29-21-10-25-18(9-20(21)28)12-30-23-22-19(17-7-5-15(3)6-8-17)13-31-24(22)27-16(4)26-23/h5-10,13-14H,11-12H2,1-4H3,(H,25,28). The van der Waals surface area contributed by atoms with Gasteiger partial charge in [-0.1, -0.05) is 55.4 Å². The predicted octanol–water partition coefficient (Wildman–Crippen LogP) is 5.99. The van der Waals surface area contributed by atoms with E-state index in [9.17, 15) is 4.79 Å². The van der Waals surface area contributed by atoms with E-state index >= 15 is 0 Å². The van der Waals surface area contributed by atoms with Gasteiger partial charge < -0.3 is 9.72 Å². The third-order valence-electron chi connectivity index (χ3n) is 4.75. The second-order valence-corrected chi connectivity index (χ2v) is 9.77. The molecule has 0 atom stereocenters. The van der Waals surface area contributed by atoms with Crippen molar-refractivity contribution in [1.82, 2.24) is 15.0 Å². The van der Waals surface area contributed by atoms with Gasteiger partial charge in [0.1, 0.15) is 15.7 Å². The Morgan fingerprint density at radius 3 is 2.65 bits per heavy atom. The molecule has 1 aromatic carbocycles. The van der Waals surface area contributed by atoms with Gasteiger partial charge in [0, 0.05) is 34.7 Å². The summed E-state index contributed by atoms with van der Waals surface area (Å²) in [4.78, 5) is 25.9. The molecule has 5 nitrogen and oxygen atoms in total. The first-order valence-corrected chi connectivity index (χ1v) is 12.1. The minimum atomic E-state index is -0.102. The van der Waals surface area contributed by atoms with Crippen LogP contribution in [0.1, 0.15) is 30.9 Å². The Morgan fingerprint density at radius 2 is 1.94 bits per heavy atom. The van der Waals surface area contributed by atoms with Crippen LogP contribution in [0.4, 0.5) is 0 Å². The van der Waals surface area contributed by atoms with Crippen LogP contribution in [0.15, 0.2) is 51.7 Å². The number of aryl methyl sites for hydroxylation is 2. The number of thiophene rings is 1. The van der Waals surface area contributed by atoms with Crippen LogP contribution in [0.25, 0.3) is 21.3 Å². The molecule has 0 aliphatic carbocycles. The summed E-state index contributed by atoms with van der Waals surface area (Å²) in [5.41, 5.74) is 4.27. The molecule has 0 bridgehead atoms. The van der Waals surface area contributed by atoms with Gasteiger partial charge in [-0.3, -0.25) is 4.79 Å². The van der Waals surface area contributed by atoms with Crippen molar-refractivity contribution in [3.63, 3.8) is 0 Å². The van der Waals surface area contributed by atoms with E-state index in [2.05, 4.69) is 60.4 Å². The first kappa shape index (κ1) is 21.6. The molecule has 0 unspecified atom stereocenters. The molecular formula is C24H25N3O2S2. The molecule has 7 heteroatoms. The Hall–Kier alpha value is -2.64. The summed E-state index contributed by atoms with van der Waals surface area (Å²) in [6.45, 7) is 8.63. The molecule has 0 amide bonds. The molecule has 0 spiro atoms. The fourth-order valence-electron chi connectivity index (χ4n) is 3.16. The number of thioether (sulfide) groups is 1. The lowest BCUT2D eigenvalue weighted by atomic mass is 10.1. The largest absolute Gasteiger partial charge is 0.488 e. The summed E-state index contributed by atoms with van der Waals surface area (Å²) in [5.74, 6) is 2.08. The molecule has 3 heterocycles. The number of H-pyrrole nitrogens is 1. The van der Waals surface area contributed by atoms with E-state index in [1.165, 1.54) is 5.56 Å². The van der Waals surface area contributed by atoms with Crippen LogP contribution < -0.4 is 10.2 Å². The molecule has 160 valence electrons. The average molecular weight is 452 g/mol. The van der Waals surface area contributed by atoms with E-state index in [4.69, 9.17) is 9.72 Å². The number of ether oxygens (including phenoxy) is 1. The molecule has 0 saturated carbocycles. The maximum Gasteiger partial charge on any atom is 0.223 e. The average Bonchev–Trinajstić information content (AvgIpc) is 3.15. The SMILES string of the molecule is Cc1ccc(-c2csc3nc(C)nc(SCc4cc(=O)c(OCC(C)C)c[nH]4)c23)cc1. The first-order chi connectivity index (χ1) is 14.9. The Morgan fingerprint density at radius 1 is 1.16 bits per heavy atom. The minimum Gasteiger partial charge on any atom is -0.488 e. The number of rotatable bonds is 7. The quantitative estimate of drug-likeness (QED) is 0.276. The van der Waals surface area contributed by atoms with Crippen molar-refractivity contribution in [3.05, 3.63) is 69.2 Å². The number of nitrogens with zero attached hydrogens (tertiary/aromatic N) is 2. The summed E-state index contributed by atoms with van der Waals surface area (Å²) >= 11 is 3.25. The number of fused-ring (bicyclic) bond motifs is 1. The van der Waals surface area contributed by atoms with Crippen LogP contribution in [0.2, 0.25) is 0 Å². The van der Waals surface area contributed by atoms with Gasteiger partial charge in [-0.15, -0.1) is 11.3 Å². The van der Waals surface area contributed by atoms with Crippen LogP contribution in [0, 0.1) is 19.8 Å². The van der Waals surface area contributed by atoms with Crippen LogP contribution in [-0.2, 0) is 5.75 Å². The maximum absolute atomic E-state index is 12.4. The van der Waals surface area contributed by atoms with Gasteiger partial charge in [-0.2, -0.15) is 0 Å². The fourth-order valence-corrected chi connectivity index (χ4v) is 5.22. The molecule has 0 radical (unpaired) electrons. The van der Waals surface area contributed by atoms with E-state index in [-0.39, 0.29) is 5.43 Å². The molecule has 3 aromatic heterocycles. The van der Waals surface area contributed by atoms with Gasteiger partial charge in [0.25, 0.3) is 0 Å². The molecule has 1 N–H and O–H groups in total. The number of benzene rings is 1. The van der Waals surface area contributed by atoms with Crippen LogP contribution in [-0.4, -0.2) is 21.6 Å². The number of nitrogens with one attached hydrogen (secondary N) is 1. The number of pyridine rings is 1. The predicted molar refractivity (Wildman–Crippen MR) is 129 cm³/mol. The smallest absolute Gasteiger partial charge is 0.223 e. The molecule has 0 aliphatic heterocycles. The summed E-state index contributed by atoms with van der Waals surface area (Å²) in [7, 11) is 0. The highest BCUT2D eigenvalue weighted by atomic mass is 32.2. The van der Waals surface area contributed by atoms with Crippen LogP contribution in [0.5, 0.6) is 5.75 Å². The van der Waals surface area contributed by atoms with E-state index in [1.54, 1.807) is 35.4 Å². The van der Waals surface area contributed by atoms with Crippen molar-refractivity contribution in [2.75, 3.05) is 6.61 Å². The Bertz CT molecular complexity index is 1260. The topological polar surface area (TPSA) is 67.9 Å². The summed E-state index contributed by atoms with van der Waals surface area (Å²) in [6, 6.07) is 10.1. The highest BCUT2D eigenvalue weighted by Crippen LogP contribution is 2.39. The molecule has 31 heavy (non-hydrogen) atoms. The zero-order valence-electron chi connectivity index (χ0n) is 18.1. The zero-order chi connectivity index (χ0) is 22.0. The van der Waals surface area contributed by atoms with E-state index in [0.29, 0.717) is 24.0 Å². The van der Waals surface area contributed by atoms with Crippen LogP contribution in [0.3, 0.4) is 0 Å². The lowest BCUT2D eigenvalue weighted by Gasteiger charge is -2.09. The second-order valence-electron chi connectivity index (χ2n) is 7.95. The molecule has 4 rings (SSSR count). The van der Waals surface area contributed by atoms with Crippen molar-refractivity contribution in [2.24, 2.45) is 5.92 Å². The summed E-state index contributed by atoms with van der Waals surface area (Å²) in [5, 5.41) is 4.15. The third kappa shape index (κ3) is 4.99. The van der Waals surface area contributed by atoms with Crippen molar-refractivity contribution < 1.29 is 4.74 Å². The second kappa shape index (κ2) is 9.24.